The Morgan fingerprint density at radius 2 is 1.75 bits per heavy atom. The summed E-state index contributed by atoms with van der Waals surface area (Å²) in [5.74, 6) is -0.641. The Kier molecular flexibility index (Phi) is 2.82. The van der Waals surface area contributed by atoms with E-state index in [0.717, 1.165) is 11.6 Å². The van der Waals surface area contributed by atoms with E-state index >= 15 is 0 Å². The summed E-state index contributed by atoms with van der Waals surface area (Å²) in [5, 5.41) is 0. The minimum Gasteiger partial charge on any atom is -0.341 e. The molecule has 0 bridgehead atoms. The van der Waals surface area contributed by atoms with Gasteiger partial charge in [0, 0.05) is 11.5 Å². The van der Waals surface area contributed by atoms with Gasteiger partial charge in [-0.25, -0.2) is 13.8 Å². The van der Waals surface area contributed by atoms with Crippen molar-refractivity contribution in [3.8, 4) is 0 Å². The van der Waals surface area contributed by atoms with Crippen LogP contribution in [0.1, 0.15) is 25.2 Å². The number of halogens is 2. The van der Waals surface area contributed by atoms with Crippen molar-refractivity contribution >= 4 is 11.0 Å². The molecule has 102 valence electrons. The second-order valence-corrected chi connectivity index (χ2v) is 5.36. The van der Waals surface area contributed by atoms with Gasteiger partial charge in [-0.3, -0.25) is 0 Å². The van der Waals surface area contributed by atoms with Crippen LogP contribution in [0, 0.1) is 11.6 Å². The van der Waals surface area contributed by atoms with E-state index in [1.165, 1.54) is 6.07 Å². The largest absolute Gasteiger partial charge is 0.341 e. The molecule has 1 heterocycles. The van der Waals surface area contributed by atoms with Crippen molar-refractivity contribution in [1.29, 1.82) is 0 Å². The van der Waals surface area contributed by atoms with E-state index in [4.69, 9.17) is 0 Å². The molecule has 0 saturated carbocycles. The lowest BCUT2D eigenvalue weighted by atomic mass is 9.84. The van der Waals surface area contributed by atoms with Crippen molar-refractivity contribution in [1.82, 2.24) is 9.97 Å². The first-order valence-electron chi connectivity index (χ1n) is 6.39. The number of fused-ring (bicyclic) bond motifs is 1. The number of H-pyrrole nitrogens is 1. The van der Waals surface area contributed by atoms with E-state index in [2.05, 4.69) is 9.97 Å². The van der Waals surface area contributed by atoms with Crippen LogP contribution >= 0.6 is 0 Å². The number of aromatic nitrogens is 2. The van der Waals surface area contributed by atoms with Crippen molar-refractivity contribution in [3.63, 3.8) is 0 Å². The molecule has 3 rings (SSSR count). The van der Waals surface area contributed by atoms with Crippen molar-refractivity contribution < 1.29 is 8.78 Å². The molecule has 4 heteroatoms. The highest BCUT2D eigenvalue weighted by atomic mass is 19.1. The maximum absolute atomic E-state index is 13.7. The van der Waals surface area contributed by atoms with Crippen LogP contribution in [-0.4, -0.2) is 9.97 Å². The van der Waals surface area contributed by atoms with Crippen LogP contribution < -0.4 is 0 Å². The zero-order chi connectivity index (χ0) is 14.3. The second-order valence-electron chi connectivity index (χ2n) is 5.36. The number of nitrogens with zero attached hydrogens (tertiary/aromatic N) is 1. The van der Waals surface area contributed by atoms with Crippen LogP contribution in [-0.2, 0) is 5.41 Å². The van der Waals surface area contributed by atoms with Crippen molar-refractivity contribution in [3.05, 3.63) is 65.5 Å². The van der Waals surface area contributed by atoms with E-state index in [9.17, 15) is 8.78 Å². The fraction of sp³-hybridized carbons (Fsp3) is 0.188. The number of aromatic amines is 1. The van der Waals surface area contributed by atoms with Crippen LogP contribution in [0.15, 0.2) is 42.5 Å². The summed E-state index contributed by atoms with van der Waals surface area (Å²) in [5.41, 5.74) is 1.19. The minimum atomic E-state index is -0.647. The zero-order valence-corrected chi connectivity index (χ0v) is 11.2. The molecule has 0 amide bonds. The average molecular weight is 272 g/mol. The lowest BCUT2D eigenvalue weighted by Crippen LogP contribution is -2.20. The Morgan fingerprint density at radius 1 is 1.05 bits per heavy atom. The molecule has 0 spiro atoms. The highest BCUT2D eigenvalue weighted by Gasteiger charge is 2.27. The van der Waals surface area contributed by atoms with Gasteiger partial charge in [0.05, 0.1) is 5.52 Å². The highest BCUT2D eigenvalue weighted by Crippen LogP contribution is 2.31. The molecule has 0 unspecified atom stereocenters. The lowest BCUT2D eigenvalue weighted by molar-refractivity contribution is 0.588. The summed E-state index contributed by atoms with van der Waals surface area (Å²) in [7, 11) is 0. The van der Waals surface area contributed by atoms with Gasteiger partial charge in [-0.1, -0.05) is 30.3 Å². The first-order valence-corrected chi connectivity index (χ1v) is 6.39. The van der Waals surface area contributed by atoms with Gasteiger partial charge in [-0.05, 0) is 25.5 Å². The molecule has 0 fully saturated rings. The summed E-state index contributed by atoms with van der Waals surface area (Å²) in [4.78, 5) is 7.33. The van der Waals surface area contributed by atoms with Gasteiger partial charge in [-0.15, -0.1) is 0 Å². The molecule has 0 aliphatic rings. The van der Waals surface area contributed by atoms with Crippen LogP contribution in [0.4, 0.5) is 8.78 Å². The fourth-order valence-electron chi connectivity index (χ4n) is 2.33. The molecule has 0 aliphatic heterocycles. The predicted molar refractivity (Wildman–Crippen MR) is 74.6 cm³/mol. The maximum Gasteiger partial charge on any atom is 0.153 e. The van der Waals surface area contributed by atoms with E-state index in [1.54, 1.807) is 0 Å². The molecular formula is C16H14F2N2. The van der Waals surface area contributed by atoms with E-state index in [0.29, 0.717) is 11.3 Å². The molecule has 1 N–H and O–H groups in total. The Bertz CT molecular complexity index is 761. The lowest BCUT2D eigenvalue weighted by Gasteiger charge is -2.22. The topological polar surface area (TPSA) is 28.7 Å². The van der Waals surface area contributed by atoms with Gasteiger partial charge in [0.1, 0.15) is 17.2 Å². The van der Waals surface area contributed by atoms with Crippen LogP contribution in [0.25, 0.3) is 11.0 Å². The third-order valence-corrected chi connectivity index (χ3v) is 3.59. The maximum atomic E-state index is 13.7. The number of rotatable bonds is 2. The molecule has 3 aromatic rings. The van der Waals surface area contributed by atoms with Gasteiger partial charge >= 0.3 is 0 Å². The summed E-state index contributed by atoms with van der Waals surface area (Å²) in [6.07, 6.45) is 0. The minimum absolute atomic E-state index is 0.172. The number of nitrogens with one attached hydrogen (secondary N) is 1. The summed E-state index contributed by atoms with van der Waals surface area (Å²) >= 11 is 0. The molecule has 20 heavy (non-hydrogen) atoms. The fourth-order valence-corrected chi connectivity index (χ4v) is 2.33. The molecule has 0 saturated heterocycles. The Morgan fingerprint density at radius 3 is 2.45 bits per heavy atom. The highest BCUT2D eigenvalue weighted by molar-refractivity contribution is 5.76. The van der Waals surface area contributed by atoms with Crippen LogP contribution in [0.3, 0.4) is 0 Å². The summed E-state index contributed by atoms with van der Waals surface area (Å²) in [6, 6.07) is 11.9. The van der Waals surface area contributed by atoms with Gasteiger partial charge in [-0.2, -0.15) is 0 Å². The molecule has 2 nitrogen and oxygen atoms in total. The second kappa shape index (κ2) is 4.40. The Labute approximate surface area is 115 Å². The third kappa shape index (κ3) is 1.97. The van der Waals surface area contributed by atoms with Gasteiger partial charge in [0.25, 0.3) is 0 Å². The van der Waals surface area contributed by atoms with E-state index < -0.39 is 17.0 Å². The summed E-state index contributed by atoms with van der Waals surface area (Å²) in [6.45, 7) is 3.99. The molecule has 1 aromatic heterocycles. The first-order chi connectivity index (χ1) is 9.48. The number of benzene rings is 2. The number of hydrogen-bond donors (Lipinski definition) is 1. The quantitative estimate of drug-likeness (QED) is 0.745. The van der Waals surface area contributed by atoms with Gasteiger partial charge < -0.3 is 4.98 Å². The van der Waals surface area contributed by atoms with Gasteiger partial charge in [0.2, 0.25) is 0 Å². The first kappa shape index (κ1) is 12.8. The SMILES string of the molecule is CC(C)(c1ccccc1)c1nc2c(F)cc(F)cc2[nH]1. The number of hydrogen-bond acceptors (Lipinski definition) is 1. The standard InChI is InChI=1S/C16H14F2N2/c1-16(2,10-6-4-3-5-7-10)15-19-13-9-11(17)8-12(18)14(13)20-15/h3-9H,1-2H3,(H,19,20). The summed E-state index contributed by atoms with van der Waals surface area (Å²) < 4.78 is 27.0. The van der Waals surface area contributed by atoms with Crippen molar-refractivity contribution in [2.75, 3.05) is 0 Å². The van der Waals surface area contributed by atoms with Crippen molar-refractivity contribution in [2.24, 2.45) is 0 Å². The molecule has 0 radical (unpaired) electrons. The monoisotopic (exact) mass is 272 g/mol. The molecule has 0 atom stereocenters. The van der Waals surface area contributed by atoms with Crippen LogP contribution in [0.2, 0.25) is 0 Å². The van der Waals surface area contributed by atoms with E-state index in [1.807, 2.05) is 44.2 Å². The number of imidazole rings is 1. The van der Waals surface area contributed by atoms with Gasteiger partial charge in [0.15, 0.2) is 5.82 Å². The predicted octanol–water partition coefficient (Wildman–Crippen LogP) is 4.17. The Hall–Kier alpha value is -2.23. The third-order valence-electron chi connectivity index (χ3n) is 3.59. The van der Waals surface area contributed by atoms with Crippen LogP contribution in [0.5, 0.6) is 0 Å². The van der Waals surface area contributed by atoms with E-state index in [-0.39, 0.29) is 5.52 Å². The average Bonchev–Trinajstić information content (AvgIpc) is 2.84. The smallest absolute Gasteiger partial charge is 0.153 e. The molecule has 2 aromatic carbocycles. The van der Waals surface area contributed by atoms with Crippen molar-refractivity contribution in [2.45, 2.75) is 19.3 Å². The normalized spacial score (nSPS) is 12.0. The Balaban J connectivity index is 2.17. The zero-order valence-electron chi connectivity index (χ0n) is 11.2. The molecule has 0 aliphatic carbocycles. The molecular weight excluding hydrogens is 258 g/mol.